The van der Waals surface area contributed by atoms with Crippen LogP contribution in [0.25, 0.3) is 0 Å². The molecule has 2 rings (SSSR count). The van der Waals surface area contributed by atoms with Gasteiger partial charge in [0, 0.05) is 6.54 Å². The molecule has 2 N–H and O–H groups in total. The minimum Gasteiger partial charge on any atom is -0.478 e. The zero-order valence-corrected chi connectivity index (χ0v) is 10.4. The number of carboxylic acids is 1. The van der Waals surface area contributed by atoms with Crippen molar-refractivity contribution >= 4 is 11.8 Å². The SMILES string of the molecule is O=C(O)c1ccnnc1NCCC1CCCCC1. The molecule has 1 heterocycles. The van der Waals surface area contributed by atoms with Gasteiger partial charge in [0.25, 0.3) is 0 Å². The Balaban J connectivity index is 1.84. The van der Waals surface area contributed by atoms with Gasteiger partial charge in [-0.15, -0.1) is 5.10 Å². The number of hydrogen-bond donors (Lipinski definition) is 2. The molecule has 0 saturated heterocycles. The Bertz CT molecular complexity index is 403. The van der Waals surface area contributed by atoms with Gasteiger partial charge in [-0.2, -0.15) is 5.10 Å². The van der Waals surface area contributed by atoms with E-state index in [1.54, 1.807) is 0 Å². The highest BCUT2D eigenvalue weighted by atomic mass is 16.4. The Labute approximate surface area is 107 Å². The third kappa shape index (κ3) is 3.42. The van der Waals surface area contributed by atoms with Crippen molar-refractivity contribution in [2.45, 2.75) is 38.5 Å². The Morgan fingerprint density at radius 3 is 2.89 bits per heavy atom. The van der Waals surface area contributed by atoms with Crippen molar-refractivity contribution in [3.8, 4) is 0 Å². The first kappa shape index (κ1) is 12.8. The molecule has 0 aliphatic heterocycles. The van der Waals surface area contributed by atoms with Gasteiger partial charge in [-0.05, 0) is 18.4 Å². The van der Waals surface area contributed by atoms with E-state index in [0.717, 1.165) is 18.9 Å². The summed E-state index contributed by atoms with van der Waals surface area (Å²) in [6, 6.07) is 1.47. The van der Waals surface area contributed by atoms with E-state index < -0.39 is 5.97 Å². The molecule has 18 heavy (non-hydrogen) atoms. The second kappa shape index (κ2) is 6.33. The molecular weight excluding hydrogens is 230 g/mol. The number of nitrogens with one attached hydrogen (secondary N) is 1. The Morgan fingerprint density at radius 1 is 1.39 bits per heavy atom. The largest absolute Gasteiger partial charge is 0.478 e. The van der Waals surface area contributed by atoms with Crippen LogP contribution < -0.4 is 5.32 Å². The Kier molecular flexibility index (Phi) is 4.50. The third-order valence-electron chi connectivity index (χ3n) is 3.52. The predicted molar refractivity (Wildman–Crippen MR) is 68.7 cm³/mol. The fourth-order valence-electron chi connectivity index (χ4n) is 2.51. The van der Waals surface area contributed by atoms with Gasteiger partial charge >= 0.3 is 5.97 Å². The third-order valence-corrected chi connectivity index (χ3v) is 3.52. The van der Waals surface area contributed by atoms with Gasteiger partial charge in [0.2, 0.25) is 0 Å². The number of anilines is 1. The van der Waals surface area contributed by atoms with Gasteiger partial charge in [-0.1, -0.05) is 32.1 Å². The Hall–Kier alpha value is -1.65. The lowest BCUT2D eigenvalue weighted by Gasteiger charge is -2.21. The number of hydrogen-bond acceptors (Lipinski definition) is 4. The molecule has 0 radical (unpaired) electrons. The number of aromatic nitrogens is 2. The maximum absolute atomic E-state index is 11.0. The van der Waals surface area contributed by atoms with Crippen molar-refractivity contribution in [1.82, 2.24) is 10.2 Å². The van der Waals surface area contributed by atoms with Crippen molar-refractivity contribution < 1.29 is 9.90 Å². The molecule has 0 spiro atoms. The summed E-state index contributed by atoms with van der Waals surface area (Å²) in [4.78, 5) is 11.0. The maximum Gasteiger partial charge on any atom is 0.339 e. The molecule has 98 valence electrons. The molecule has 5 nitrogen and oxygen atoms in total. The fraction of sp³-hybridized carbons (Fsp3) is 0.615. The molecule has 0 amide bonds. The second-order valence-electron chi connectivity index (χ2n) is 4.82. The lowest BCUT2D eigenvalue weighted by atomic mass is 9.87. The van der Waals surface area contributed by atoms with Crippen LogP contribution in [-0.4, -0.2) is 27.8 Å². The van der Waals surface area contributed by atoms with Crippen LogP contribution >= 0.6 is 0 Å². The first-order chi connectivity index (χ1) is 8.77. The molecule has 1 fully saturated rings. The molecular formula is C13H19N3O2. The van der Waals surface area contributed by atoms with E-state index in [9.17, 15) is 4.79 Å². The predicted octanol–water partition coefficient (Wildman–Crippen LogP) is 2.56. The number of rotatable bonds is 5. The monoisotopic (exact) mass is 249 g/mol. The normalized spacial score (nSPS) is 16.4. The number of nitrogens with zero attached hydrogens (tertiary/aromatic N) is 2. The Morgan fingerprint density at radius 2 is 2.17 bits per heavy atom. The standard InChI is InChI=1S/C13H19N3O2/c17-13(18)11-7-9-15-16-12(11)14-8-6-10-4-2-1-3-5-10/h7,9-10H,1-6,8H2,(H,14,16)(H,17,18). The molecule has 0 atom stereocenters. The van der Waals surface area contributed by atoms with Gasteiger partial charge in [0.15, 0.2) is 5.82 Å². The highest BCUT2D eigenvalue weighted by molar-refractivity contribution is 5.92. The van der Waals surface area contributed by atoms with Crippen LogP contribution in [-0.2, 0) is 0 Å². The topological polar surface area (TPSA) is 75.1 Å². The molecule has 1 aliphatic carbocycles. The number of aromatic carboxylic acids is 1. The summed E-state index contributed by atoms with van der Waals surface area (Å²) >= 11 is 0. The van der Waals surface area contributed by atoms with Crippen molar-refractivity contribution in [2.75, 3.05) is 11.9 Å². The molecule has 1 aromatic heterocycles. The molecule has 5 heteroatoms. The van der Waals surface area contributed by atoms with Crippen LogP contribution in [0.4, 0.5) is 5.82 Å². The molecule has 0 bridgehead atoms. The minimum absolute atomic E-state index is 0.189. The molecule has 1 aromatic rings. The smallest absolute Gasteiger partial charge is 0.339 e. The van der Waals surface area contributed by atoms with Gasteiger partial charge in [-0.3, -0.25) is 0 Å². The summed E-state index contributed by atoms with van der Waals surface area (Å²) < 4.78 is 0. The van der Waals surface area contributed by atoms with E-state index in [-0.39, 0.29) is 5.56 Å². The second-order valence-corrected chi connectivity index (χ2v) is 4.82. The van der Waals surface area contributed by atoms with Crippen molar-refractivity contribution in [3.05, 3.63) is 17.8 Å². The van der Waals surface area contributed by atoms with Gasteiger partial charge in [0.1, 0.15) is 5.56 Å². The average molecular weight is 249 g/mol. The highest BCUT2D eigenvalue weighted by Crippen LogP contribution is 2.26. The van der Waals surface area contributed by atoms with E-state index >= 15 is 0 Å². The minimum atomic E-state index is -0.968. The average Bonchev–Trinajstić information content (AvgIpc) is 2.40. The maximum atomic E-state index is 11.0. The molecule has 1 saturated carbocycles. The zero-order valence-electron chi connectivity index (χ0n) is 10.4. The van der Waals surface area contributed by atoms with E-state index in [2.05, 4.69) is 15.5 Å². The first-order valence-electron chi connectivity index (χ1n) is 6.56. The first-order valence-corrected chi connectivity index (χ1v) is 6.56. The van der Waals surface area contributed by atoms with Gasteiger partial charge in [0.05, 0.1) is 6.20 Å². The zero-order chi connectivity index (χ0) is 12.8. The highest BCUT2D eigenvalue weighted by Gasteiger charge is 2.14. The van der Waals surface area contributed by atoms with Crippen LogP contribution in [0.3, 0.4) is 0 Å². The lowest BCUT2D eigenvalue weighted by molar-refractivity contribution is 0.0697. The molecule has 0 unspecified atom stereocenters. The van der Waals surface area contributed by atoms with Crippen LogP contribution in [0.5, 0.6) is 0 Å². The molecule has 0 aromatic carbocycles. The van der Waals surface area contributed by atoms with E-state index in [1.807, 2.05) is 0 Å². The van der Waals surface area contributed by atoms with Gasteiger partial charge < -0.3 is 10.4 Å². The van der Waals surface area contributed by atoms with Crippen LogP contribution in [0.1, 0.15) is 48.9 Å². The lowest BCUT2D eigenvalue weighted by Crippen LogP contribution is -2.15. The summed E-state index contributed by atoms with van der Waals surface area (Å²) in [6.45, 7) is 0.767. The fourth-order valence-corrected chi connectivity index (χ4v) is 2.51. The number of carbonyl (C=O) groups is 1. The van der Waals surface area contributed by atoms with Crippen LogP contribution in [0.15, 0.2) is 12.3 Å². The van der Waals surface area contributed by atoms with Crippen molar-refractivity contribution in [3.63, 3.8) is 0 Å². The summed E-state index contributed by atoms with van der Waals surface area (Å²) in [5.74, 6) is 0.182. The van der Waals surface area contributed by atoms with Crippen LogP contribution in [0, 0.1) is 5.92 Å². The van der Waals surface area contributed by atoms with E-state index in [0.29, 0.717) is 5.82 Å². The summed E-state index contributed by atoms with van der Waals surface area (Å²) in [5, 5.41) is 19.7. The van der Waals surface area contributed by atoms with Crippen molar-refractivity contribution in [1.29, 1.82) is 0 Å². The number of carboxylic acid groups (broad SMARTS) is 1. The summed E-state index contributed by atoms with van der Waals surface area (Å²) in [5.41, 5.74) is 0.189. The van der Waals surface area contributed by atoms with Crippen LogP contribution in [0.2, 0.25) is 0 Å². The molecule has 1 aliphatic rings. The summed E-state index contributed by atoms with van der Waals surface area (Å²) in [6.07, 6.45) is 9.09. The van der Waals surface area contributed by atoms with E-state index in [4.69, 9.17) is 5.11 Å². The quantitative estimate of drug-likeness (QED) is 0.838. The summed E-state index contributed by atoms with van der Waals surface area (Å²) in [7, 11) is 0. The van der Waals surface area contributed by atoms with E-state index in [1.165, 1.54) is 44.4 Å². The van der Waals surface area contributed by atoms with Gasteiger partial charge in [-0.25, -0.2) is 4.79 Å². The van der Waals surface area contributed by atoms with Crippen molar-refractivity contribution in [2.24, 2.45) is 5.92 Å².